The lowest BCUT2D eigenvalue weighted by Gasteiger charge is -2.15. The van der Waals surface area contributed by atoms with Crippen LogP contribution in [-0.4, -0.2) is 22.6 Å². The molecule has 0 bridgehead atoms. The highest BCUT2D eigenvalue weighted by Gasteiger charge is 2.19. The summed E-state index contributed by atoms with van der Waals surface area (Å²) < 4.78 is 6.11. The van der Waals surface area contributed by atoms with Crippen LogP contribution in [0.15, 0.2) is 47.3 Å². The predicted molar refractivity (Wildman–Crippen MR) is 93.2 cm³/mol. The number of methoxy groups -OCH3 is 1. The highest BCUT2D eigenvalue weighted by Crippen LogP contribution is 2.22. The highest BCUT2D eigenvalue weighted by atomic mass is 35.5. The SMILES string of the molecule is COC(=O)c1cc(Cl)ccc1-n1c(CCl)nc2ccccc2c1=O. The Morgan fingerprint density at radius 1 is 1.25 bits per heavy atom. The van der Waals surface area contributed by atoms with Crippen molar-refractivity contribution >= 4 is 40.1 Å². The van der Waals surface area contributed by atoms with E-state index in [9.17, 15) is 9.59 Å². The maximum absolute atomic E-state index is 12.9. The van der Waals surface area contributed by atoms with Crippen molar-refractivity contribution in [3.63, 3.8) is 0 Å². The van der Waals surface area contributed by atoms with E-state index < -0.39 is 5.97 Å². The van der Waals surface area contributed by atoms with Gasteiger partial charge in [-0.1, -0.05) is 23.7 Å². The number of alkyl halides is 1. The van der Waals surface area contributed by atoms with Crippen LogP contribution in [0.5, 0.6) is 0 Å². The molecule has 0 aliphatic carbocycles. The molecule has 0 atom stereocenters. The van der Waals surface area contributed by atoms with Crippen molar-refractivity contribution in [2.45, 2.75) is 5.88 Å². The Morgan fingerprint density at radius 3 is 2.71 bits per heavy atom. The molecule has 0 N–H and O–H groups in total. The largest absolute Gasteiger partial charge is 0.465 e. The van der Waals surface area contributed by atoms with Gasteiger partial charge in [-0.05, 0) is 30.3 Å². The second-order valence-electron chi connectivity index (χ2n) is 4.97. The zero-order chi connectivity index (χ0) is 17.3. The van der Waals surface area contributed by atoms with E-state index >= 15 is 0 Å². The van der Waals surface area contributed by atoms with Gasteiger partial charge < -0.3 is 4.74 Å². The van der Waals surface area contributed by atoms with Gasteiger partial charge in [0.15, 0.2) is 0 Å². The first kappa shape index (κ1) is 16.5. The van der Waals surface area contributed by atoms with Crippen molar-refractivity contribution < 1.29 is 9.53 Å². The molecule has 5 nitrogen and oxygen atoms in total. The molecular weight excluding hydrogens is 351 g/mol. The van der Waals surface area contributed by atoms with E-state index in [-0.39, 0.29) is 17.0 Å². The van der Waals surface area contributed by atoms with E-state index in [1.165, 1.54) is 17.7 Å². The normalized spacial score (nSPS) is 10.8. The molecule has 7 heteroatoms. The van der Waals surface area contributed by atoms with Gasteiger partial charge in [0.25, 0.3) is 5.56 Å². The van der Waals surface area contributed by atoms with Gasteiger partial charge in [0.1, 0.15) is 5.82 Å². The molecule has 2 aromatic carbocycles. The number of rotatable bonds is 3. The van der Waals surface area contributed by atoms with Crippen molar-refractivity contribution in [3.05, 3.63) is 69.2 Å². The summed E-state index contributed by atoms with van der Waals surface area (Å²) in [7, 11) is 1.26. The van der Waals surface area contributed by atoms with Crippen LogP contribution < -0.4 is 5.56 Å². The van der Waals surface area contributed by atoms with Crippen molar-refractivity contribution in [1.29, 1.82) is 0 Å². The Balaban J connectivity index is 2.40. The Kier molecular flexibility index (Phi) is 4.55. The summed E-state index contributed by atoms with van der Waals surface area (Å²) in [5.74, 6) is -0.274. The van der Waals surface area contributed by atoms with Gasteiger partial charge in [-0.2, -0.15) is 0 Å². The van der Waals surface area contributed by atoms with Crippen molar-refractivity contribution in [2.24, 2.45) is 0 Å². The monoisotopic (exact) mass is 362 g/mol. The lowest BCUT2D eigenvalue weighted by molar-refractivity contribution is 0.0600. The fourth-order valence-corrected chi connectivity index (χ4v) is 2.84. The minimum absolute atomic E-state index is 0.00329. The maximum atomic E-state index is 12.9. The zero-order valence-corrected chi connectivity index (χ0v) is 14.1. The second-order valence-corrected chi connectivity index (χ2v) is 5.68. The minimum atomic E-state index is -0.604. The van der Waals surface area contributed by atoms with Crippen molar-refractivity contribution in [1.82, 2.24) is 9.55 Å². The summed E-state index contributed by atoms with van der Waals surface area (Å²) in [6.45, 7) is 0. The molecule has 122 valence electrons. The first-order chi connectivity index (χ1) is 11.6. The standard InChI is InChI=1S/C17H12Cl2N2O3/c1-24-17(23)12-8-10(19)6-7-14(12)21-15(9-18)20-13-5-3-2-4-11(13)16(21)22/h2-8H,9H2,1H3. The molecule has 0 aliphatic rings. The highest BCUT2D eigenvalue weighted by molar-refractivity contribution is 6.31. The summed E-state index contributed by atoms with van der Waals surface area (Å²) in [6, 6.07) is 11.6. The Bertz CT molecular complexity index is 999. The number of hydrogen-bond acceptors (Lipinski definition) is 4. The van der Waals surface area contributed by atoms with Crippen LogP contribution in [0.3, 0.4) is 0 Å². The third-order valence-corrected chi connectivity index (χ3v) is 4.04. The van der Waals surface area contributed by atoms with Gasteiger partial charge in [-0.3, -0.25) is 9.36 Å². The Labute approximate surface area is 147 Å². The summed E-state index contributed by atoms with van der Waals surface area (Å²) in [5.41, 5.74) is 0.715. The molecule has 3 rings (SSSR count). The summed E-state index contributed by atoms with van der Waals surface area (Å²) in [6.07, 6.45) is 0. The van der Waals surface area contributed by atoms with Gasteiger partial charge in [-0.25, -0.2) is 9.78 Å². The molecule has 0 spiro atoms. The molecule has 3 aromatic rings. The van der Waals surface area contributed by atoms with Crippen molar-refractivity contribution in [2.75, 3.05) is 7.11 Å². The second kappa shape index (κ2) is 6.63. The van der Waals surface area contributed by atoms with E-state index in [0.29, 0.717) is 27.4 Å². The van der Waals surface area contributed by atoms with Crippen LogP contribution >= 0.6 is 23.2 Å². The number of halogens is 2. The third-order valence-electron chi connectivity index (χ3n) is 3.57. The molecule has 1 heterocycles. The van der Waals surface area contributed by atoms with Crippen LogP contribution in [0.25, 0.3) is 16.6 Å². The minimum Gasteiger partial charge on any atom is -0.465 e. The zero-order valence-electron chi connectivity index (χ0n) is 12.6. The van der Waals surface area contributed by atoms with Crippen LogP contribution in [-0.2, 0) is 10.6 Å². The van der Waals surface area contributed by atoms with Crippen LogP contribution in [0.2, 0.25) is 5.02 Å². The van der Waals surface area contributed by atoms with Gasteiger partial charge in [-0.15, -0.1) is 11.6 Å². The van der Waals surface area contributed by atoms with E-state index in [1.807, 2.05) is 0 Å². The molecule has 0 amide bonds. The molecule has 24 heavy (non-hydrogen) atoms. The lowest BCUT2D eigenvalue weighted by Crippen LogP contribution is -2.25. The van der Waals surface area contributed by atoms with Crippen LogP contribution in [0.4, 0.5) is 0 Å². The number of nitrogens with zero attached hydrogens (tertiary/aromatic N) is 2. The summed E-state index contributed by atoms with van der Waals surface area (Å²) in [4.78, 5) is 29.4. The van der Waals surface area contributed by atoms with Crippen LogP contribution in [0, 0.1) is 0 Å². The topological polar surface area (TPSA) is 61.2 Å². The number of carbonyl (C=O) groups excluding carboxylic acids is 1. The smallest absolute Gasteiger partial charge is 0.340 e. The molecular formula is C17H12Cl2N2O3. The fourth-order valence-electron chi connectivity index (χ4n) is 2.49. The maximum Gasteiger partial charge on any atom is 0.340 e. The first-order valence-electron chi connectivity index (χ1n) is 7.01. The molecule has 0 saturated carbocycles. The Morgan fingerprint density at radius 2 is 2.00 bits per heavy atom. The van der Waals surface area contributed by atoms with Gasteiger partial charge in [0.2, 0.25) is 0 Å². The quantitative estimate of drug-likeness (QED) is 0.527. The van der Waals surface area contributed by atoms with E-state index in [4.69, 9.17) is 27.9 Å². The molecule has 0 unspecified atom stereocenters. The number of aromatic nitrogens is 2. The molecule has 0 aliphatic heterocycles. The van der Waals surface area contributed by atoms with Gasteiger partial charge in [0.05, 0.1) is 35.1 Å². The number of carbonyl (C=O) groups is 1. The van der Waals surface area contributed by atoms with E-state index in [2.05, 4.69) is 4.98 Å². The summed E-state index contributed by atoms with van der Waals surface area (Å²) >= 11 is 12.0. The fraction of sp³-hybridized carbons (Fsp3) is 0.118. The number of esters is 1. The van der Waals surface area contributed by atoms with Gasteiger partial charge >= 0.3 is 5.97 Å². The number of fused-ring (bicyclic) bond motifs is 1. The molecule has 0 saturated heterocycles. The number of hydrogen-bond donors (Lipinski definition) is 0. The third kappa shape index (κ3) is 2.77. The van der Waals surface area contributed by atoms with E-state index in [0.717, 1.165) is 0 Å². The Hall–Kier alpha value is -2.37. The number of para-hydroxylation sites is 1. The number of benzene rings is 2. The van der Waals surface area contributed by atoms with Crippen molar-refractivity contribution in [3.8, 4) is 5.69 Å². The van der Waals surface area contributed by atoms with Crippen LogP contribution in [0.1, 0.15) is 16.2 Å². The average Bonchev–Trinajstić information content (AvgIpc) is 2.61. The predicted octanol–water partition coefficient (Wildman–Crippen LogP) is 3.56. The lowest BCUT2D eigenvalue weighted by atomic mass is 10.1. The molecule has 1 aromatic heterocycles. The summed E-state index contributed by atoms with van der Waals surface area (Å²) in [5, 5.41) is 0.783. The molecule has 0 radical (unpaired) electrons. The average molecular weight is 363 g/mol. The first-order valence-corrected chi connectivity index (χ1v) is 7.93. The number of ether oxygens (including phenoxy) is 1. The van der Waals surface area contributed by atoms with Gasteiger partial charge in [0, 0.05) is 5.02 Å². The van der Waals surface area contributed by atoms with E-state index in [1.54, 1.807) is 36.4 Å². The molecule has 0 fully saturated rings.